The number of anilines is 1. The number of nitrogens with zero attached hydrogens (tertiary/aromatic N) is 4. The van der Waals surface area contributed by atoms with E-state index < -0.39 is 0 Å². The minimum Gasteiger partial charge on any atom is -0.340 e. The monoisotopic (exact) mass is 630 g/mol. The summed E-state index contributed by atoms with van der Waals surface area (Å²) < 4.78 is 15.3. The molecule has 3 aromatic carbocycles. The number of halogens is 1. The van der Waals surface area contributed by atoms with Gasteiger partial charge < -0.3 is 15.5 Å². The maximum Gasteiger partial charge on any atom is 0.261 e. The highest BCUT2D eigenvalue weighted by molar-refractivity contribution is 5.96. The predicted molar refractivity (Wildman–Crippen MR) is 188 cm³/mol. The van der Waals surface area contributed by atoms with Crippen LogP contribution in [0.2, 0.25) is 0 Å². The number of aryl methyl sites for hydroxylation is 1. The second kappa shape index (κ2) is 12.6. The topological polar surface area (TPSA) is 74.5 Å². The number of piperazine rings is 1. The van der Waals surface area contributed by atoms with E-state index in [2.05, 4.69) is 55.1 Å². The smallest absolute Gasteiger partial charge is 0.261 e. The molecule has 1 aromatic heterocycles. The molecule has 1 saturated carbocycles. The Bertz CT molecular complexity index is 1920. The third kappa shape index (κ3) is 6.17. The van der Waals surface area contributed by atoms with Gasteiger partial charge in [0.2, 0.25) is 0 Å². The fourth-order valence-electron chi connectivity index (χ4n) is 7.61. The van der Waals surface area contributed by atoms with Crippen LogP contribution >= 0.6 is 0 Å². The lowest BCUT2D eigenvalue weighted by atomic mass is 9.61. The second-order valence-electron chi connectivity index (χ2n) is 14.0. The van der Waals surface area contributed by atoms with Crippen LogP contribution in [-0.2, 0) is 13.0 Å². The van der Waals surface area contributed by atoms with Crippen molar-refractivity contribution in [1.29, 1.82) is 0 Å². The van der Waals surface area contributed by atoms with E-state index in [1.165, 1.54) is 12.1 Å². The minimum atomic E-state index is -0.273. The van der Waals surface area contributed by atoms with Crippen molar-refractivity contribution < 1.29 is 4.39 Å². The van der Waals surface area contributed by atoms with Gasteiger partial charge in [0.05, 0.1) is 16.9 Å². The number of benzene rings is 3. The highest BCUT2D eigenvalue weighted by Crippen LogP contribution is 2.51. The normalized spacial score (nSPS) is 25.0. The van der Waals surface area contributed by atoms with Gasteiger partial charge in [0.15, 0.2) is 5.96 Å². The Labute approximate surface area is 276 Å². The van der Waals surface area contributed by atoms with Crippen LogP contribution in [0.3, 0.4) is 0 Å². The van der Waals surface area contributed by atoms with Gasteiger partial charge in [0.1, 0.15) is 11.6 Å². The summed E-state index contributed by atoms with van der Waals surface area (Å²) in [7, 11) is 0. The van der Waals surface area contributed by atoms with Crippen molar-refractivity contribution in [2.45, 2.75) is 59.2 Å². The average Bonchev–Trinajstić information content (AvgIpc) is 3.24. The molecule has 7 nitrogen and oxygen atoms in total. The van der Waals surface area contributed by atoms with Crippen LogP contribution in [0.25, 0.3) is 22.3 Å². The van der Waals surface area contributed by atoms with Gasteiger partial charge >= 0.3 is 0 Å². The van der Waals surface area contributed by atoms with Gasteiger partial charge in [-0.25, -0.2) is 14.4 Å². The fraction of sp³-hybridized carbons (Fsp3) is 0.410. The van der Waals surface area contributed by atoms with Crippen LogP contribution in [0.1, 0.15) is 39.7 Å². The molecule has 3 aliphatic rings. The first-order valence-corrected chi connectivity index (χ1v) is 16.9. The van der Waals surface area contributed by atoms with Crippen molar-refractivity contribution in [3.63, 3.8) is 0 Å². The molecule has 2 heterocycles. The van der Waals surface area contributed by atoms with Gasteiger partial charge in [-0.2, -0.15) is 0 Å². The van der Waals surface area contributed by atoms with Crippen molar-refractivity contribution in [1.82, 2.24) is 19.8 Å². The van der Waals surface area contributed by atoms with Crippen LogP contribution < -0.4 is 16.2 Å². The van der Waals surface area contributed by atoms with Crippen LogP contribution in [0, 0.1) is 40.8 Å². The third-order valence-corrected chi connectivity index (χ3v) is 10.5. The highest BCUT2D eigenvalue weighted by atomic mass is 19.1. The van der Waals surface area contributed by atoms with Gasteiger partial charge in [-0.3, -0.25) is 9.36 Å². The molecule has 8 heteroatoms. The van der Waals surface area contributed by atoms with Gasteiger partial charge in [0, 0.05) is 55.3 Å². The van der Waals surface area contributed by atoms with E-state index in [0.717, 1.165) is 48.8 Å². The first kappa shape index (κ1) is 31.1. The number of fused-ring (bicyclic) bond motifs is 3. The lowest BCUT2D eigenvalue weighted by Gasteiger charge is -2.44. The Kier molecular flexibility index (Phi) is 8.36. The van der Waals surface area contributed by atoms with E-state index in [1.807, 2.05) is 48.5 Å². The van der Waals surface area contributed by atoms with E-state index in [9.17, 15) is 9.18 Å². The van der Waals surface area contributed by atoms with E-state index in [4.69, 9.17) is 9.98 Å². The van der Waals surface area contributed by atoms with Gasteiger partial charge in [-0.1, -0.05) is 75.1 Å². The number of rotatable bonds is 6. The molecule has 47 heavy (non-hydrogen) atoms. The van der Waals surface area contributed by atoms with E-state index in [1.54, 1.807) is 16.7 Å². The van der Waals surface area contributed by atoms with Gasteiger partial charge in [-0.05, 0) is 67.0 Å². The van der Waals surface area contributed by atoms with Crippen LogP contribution in [0.4, 0.5) is 10.1 Å². The van der Waals surface area contributed by atoms with Crippen LogP contribution in [-0.4, -0.2) is 52.1 Å². The Hall–Kier alpha value is -4.48. The van der Waals surface area contributed by atoms with Crippen molar-refractivity contribution in [2.75, 3.05) is 25.0 Å². The van der Waals surface area contributed by atoms with Crippen molar-refractivity contribution in [2.24, 2.45) is 28.2 Å². The molecule has 7 rings (SSSR count). The first-order chi connectivity index (χ1) is 22.7. The summed E-state index contributed by atoms with van der Waals surface area (Å²) in [4.78, 5) is 26.9. The summed E-state index contributed by atoms with van der Waals surface area (Å²) >= 11 is 0. The van der Waals surface area contributed by atoms with Crippen LogP contribution in [0.15, 0.2) is 82.6 Å². The first-order valence-electron chi connectivity index (χ1n) is 16.9. The van der Waals surface area contributed by atoms with Crippen molar-refractivity contribution in [3.05, 3.63) is 94.5 Å². The Morgan fingerprint density at radius 1 is 1.09 bits per heavy atom. The lowest BCUT2D eigenvalue weighted by molar-refractivity contribution is 0.0835. The average molecular weight is 631 g/mol. The molecule has 0 amide bonds. The predicted octanol–water partition coefficient (Wildman–Crippen LogP) is 6.19. The standard InChI is InChI=1S/C39H43FN6O/c1-25-24-45(21-19-41-25)38(44-34-22-29-12-17-33(26(34)2)39(29,3)4)42-31-15-16-32-35(23-31)43-36(28-8-6-5-7-9-28)46(37(32)47)20-18-27-10-13-30(40)14-11-27/h5-11,13-16,23,25-26,29,33-34,41H,18-22,24H2,1-4H3,(H,42,44)/t25-,26-,29+,33-,34?/m0/s1. The molecule has 0 radical (unpaired) electrons. The molecule has 2 bridgehead atoms. The molecule has 242 valence electrons. The van der Waals surface area contributed by atoms with Gasteiger partial charge in [0.25, 0.3) is 5.56 Å². The Morgan fingerprint density at radius 2 is 1.87 bits per heavy atom. The van der Waals surface area contributed by atoms with E-state index in [-0.39, 0.29) is 22.8 Å². The molecule has 4 aromatic rings. The summed E-state index contributed by atoms with van der Waals surface area (Å²) in [5.41, 5.74) is 3.37. The number of hydrogen-bond acceptors (Lipinski definition) is 4. The molecule has 1 unspecified atom stereocenters. The highest BCUT2D eigenvalue weighted by Gasteiger charge is 2.49. The molecular formula is C39H43FN6O. The number of nitrogens with one attached hydrogen (secondary N) is 2. The largest absolute Gasteiger partial charge is 0.340 e. The zero-order valence-corrected chi connectivity index (χ0v) is 27.6. The SMILES string of the molecule is C[C@@H]1C(N=C(Nc2ccc3c(=O)n(CCc4ccc(F)cc4)c(-c4ccccc4)nc3c2)N2CCN[C@@H](C)C2)C[C@H]2C#C[C@@H]1C2(C)C. The fourth-order valence-corrected chi connectivity index (χ4v) is 7.61. The minimum absolute atomic E-state index is 0.0959. The number of guanidine groups is 1. The maximum atomic E-state index is 14.0. The molecule has 5 atom stereocenters. The maximum absolute atomic E-state index is 14.0. The molecular weight excluding hydrogens is 587 g/mol. The number of aliphatic imine (C=N–C) groups is 1. The molecule has 2 fully saturated rings. The van der Waals surface area contributed by atoms with Crippen LogP contribution in [0.5, 0.6) is 0 Å². The van der Waals surface area contributed by atoms with Crippen molar-refractivity contribution in [3.8, 4) is 23.2 Å². The van der Waals surface area contributed by atoms with Crippen molar-refractivity contribution >= 4 is 22.5 Å². The van der Waals surface area contributed by atoms with E-state index in [0.29, 0.717) is 53.5 Å². The molecule has 2 aliphatic carbocycles. The summed E-state index contributed by atoms with van der Waals surface area (Å²) in [5.74, 6) is 9.33. The Morgan fingerprint density at radius 3 is 2.64 bits per heavy atom. The molecule has 1 aliphatic heterocycles. The summed E-state index contributed by atoms with van der Waals surface area (Å²) in [6.07, 6.45) is 1.54. The molecule has 0 spiro atoms. The molecule has 2 N–H and O–H groups in total. The summed E-state index contributed by atoms with van der Waals surface area (Å²) in [6.45, 7) is 12.2. The van der Waals surface area contributed by atoms with Gasteiger partial charge in [-0.15, -0.1) is 0 Å². The Balaban J connectivity index is 1.24. The summed E-state index contributed by atoms with van der Waals surface area (Å²) in [6, 6.07) is 22.5. The second-order valence-corrected chi connectivity index (χ2v) is 14.0. The lowest BCUT2D eigenvalue weighted by Crippen LogP contribution is -2.53. The van der Waals surface area contributed by atoms with E-state index >= 15 is 0 Å². The summed E-state index contributed by atoms with van der Waals surface area (Å²) in [5, 5.41) is 7.78. The molecule has 1 saturated heterocycles. The number of hydrogen-bond donors (Lipinski definition) is 2. The zero-order chi connectivity index (χ0) is 32.7. The third-order valence-electron chi connectivity index (χ3n) is 10.5. The zero-order valence-electron chi connectivity index (χ0n) is 27.6. The quantitative estimate of drug-likeness (QED) is 0.151. The number of aromatic nitrogens is 2.